The van der Waals surface area contributed by atoms with Gasteiger partial charge >= 0.3 is 5.97 Å². The van der Waals surface area contributed by atoms with Crippen molar-refractivity contribution in [2.24, 2.45) is 0 Å². The highest BCUT2D eigenvalue weighted by Gasteiger charge is 2.20. The van der Waals surface area contributed by atoms with Crippen molar-refractivity contribution in [2.45, 2.75) is 25.9 Å². The van der Waals surface area contributed by atoms with E-state index in [1.54, 1.807) is 0 Å². The zero-order chi connectivity index (χ0) is 12.3. The predicted octanol–water partition coefficient (Wildman–Crippen LogP) is -0.750. The second kappa shape index (κ2) is 6.76. The van der Waals surface area contributed by atoms with Crippen LogP contribution in [0.3, 0.4) is 0 Å². The van der Waals surface area contributed by atoms with Crippen LogP contribution in [0, 0.1) is 6.92 Å². The molecule has 1 saturated heterocycles. The molecule has 3 nitrogen and oxygen atoms in total. The van der Waals surface area contributed by atoms with Gasteiger partial charge in [-0.3, -0.25) is 0 Å². The highest BCUT2D eigenvalue weighted by Crippen LogP contribution is 2.15. The molecule has 1 fully saturated rings. The zero-order valence-corrected chi connectivity index (χ0v) is 11.6. The molecule has 1 aromatic rings. The molecule has 0 spiro atoms. The van der Waals surface area contributed by atoms with Crippen molar-refractivity contribution in [3.05, 3.63) is 35.4 Å². The Bertz CT molecular complexity index is 401. The second-order valence-electron chi connectivity index (χ2n) is 4.78. The van der Waals surface area contributed by atoms with Crippen LogP contribution in [0.25, 0.3) is 0 Å². The minimum Gasteiger partial charge on any atom is -1.00 e. The molecule has 0 unspecified atom stereocenters. The molecule has 1 heterocycles. The van der Waals surface area contributed by atoms with Gasteiger partial charge in [0.2, 0.25) is 0 Å². The first-order valence-corrected chi connectivity index (χ1v) is 6.11. The van der Waals surface area contributed by atoms with E-state index in [1.165, 1.54) is 0 Å². The molecule has 0 aromatic heterocycles. The van der Waals surface area contributed by atoms with Gasteiger partial charge in [-0.15, -0.1) is 0 Å². The molecule has 0 radical (unpaired) electrons. The quantitative estimate of drug-likeness (QED) is 0.661. The van der Waals surface area contributed by atoms with Gasteiger partial charge in [0.05, 0.1) is 5.56 Å². The van der Waals surface area contributed by atoms with Crippen LogP contribution in [0.2, 0.25) is 0 Å². The third-order valence-electron chi connectivity index (χ3n) is 3.19. The first-order chi connectivity index (χ1) is 8.15. The van der Waals surface area contributed by atoms with Crippen LogP contribution >= 0.6 is 0 Å². The molecule has 4 heteroatoms. The van der Waals surface area contributed by atoms with Crippen LogP contribution in [-0.2, 0) is 4.74 Å². The fourth-order valence-corrected chi connectivity index (χ4v) is 2.09. The number of piperidine rings is 1. The molecule has 100 valence electrons. The average molecular weight is 269 g/mol. The number of likely N-dealkylation sites (tertiary alicyclic amines) is 1. The summed E-state index contributed by atoms with van der Waals surface area (Å²) in [6.07, 6.45) is 1.96. The van der Waals surface area contributed by atoms with Gasteiger partial charge < -0.3 is 22.0 Å². The Morgan fingerprint density at radius 3 is 2.61 bits per heavy atom. The molecule has 2 rings (SSSR count). The molecule has 1 aliphatic rings. The first-order valence-electron chi connectivity index (χ1n) is 6.11. The highest BCUT2D eigenvalue weighted by atomic mass is 35.5. The van der Waals surface area contributed by atoms with Crippen molar-refractivity contribution in [1.29, 1.82) is 0 Å². The number of ether oxygens (including phenoxy) is 1. The van der Waals surface area contributed by atoms with E-state index in [1.807, 2.05) is 31.2 Å². The Balaban J connectivity index is 0.00000162. The summed E-state index contributed by atoms with van der Waals surface area (Å²) in [5, 5.41) is 0. The number of carbonyl (C=O) groups is 1. The molecule has 0 saturated carbocycles. The minimum absolute atomic E-state index is 0. The van der Waals surface area contributed by atoms with Crippen molar-refractivity contribution >= 4 is 5.97 Å². The van der Waals surface area contributed by atoms with Crippen LogP contribution in [0.15, 0.2) is 24.3 Å². The summed E-state index contributed by atoms with van der Waals surface area (Å²) in [7, 11) is 2.10. The topological polar surface area (TPSA) is 29.5 Å². The maximum atomic E-state index is 11.9. The summed E-state index contributed by atoms with van der Waals surface area (Å²) < 4.78 is 5.52. The molecule has 0 aliphatic carbocycles. The maximum absolute atomic E-state index is 11.9. The summed E-state index contributed by atoms with van der Waals surface area (Å²) in [5.74, 6) is -0.191. The normalized spacial score (nSPS) is 17.0. The lowest BCUT2D eigenvalue weighted by Crippen LogP contribution is -3.00. The number of rotatable bonds is 2. The molecule has 1 aromatic carbocycles. The van der Waals surface area contributed by atoms with Gasteiger partial charge in [0.1, 0.15) is 6.10 Å². The van der Waals surface area contributed by atoms with Gasteiger partial charge in [0.15, 0.2) is 0 Å². The molecular weight excluding hydrogens is 250 g/mol. The fourth-order valence-electron chi connectivity index (χ4n) is 2.09. The van der Waals surface area contributed by atoms with Crippen LogP contribution in [0.4, 0.5) is 0 Å². The standard InChI is InChI=1S/C14H19NO2.ClH/c1-11-4-3-5-12(10-11)14(16)17-13-6-8-15(2)9-7-13;/h3-5,10,13H,6-9H2,1-2H3;1H/p-1. The molecule has 0 atom stereocenters. The molecule has 1 aliphatic heterocycles. The lowest BCUT2D eigenvalue weighted by molar-refractivity contribution is -0.0000642. The smallest absolute Gasteiger partial charge is 0.338 e. The monoisotopic (exact) mass is 268 g/mol. The Labute approximate surface area is 115 Å². The third kappa shape index (κ3) is 4.00. The SMILES string of the molecule is Cc1cccc(C(=O)OC2CCN(C)CC2)c1.[Cl-]. The number of hydrogen-bond donors (Lipinski definition) is 0. The molecular formula is C14H19ClNO2-. The van der Waals surface area contributed by atoms with Crippen molar-refractivity contribution in [3.8, 4) is 0 Å². The summed E-state index contributed by atoms with van der Waals surface area (Å²) >= 11 is 0. The molecule has 0 N–H and O–H groups in total. The van der Waals surface area contributed by atoms with Gasteiger partial charge in [-0.05, 0) is 38.9 Å². The van der Waals surface area contributed by atoms with Crippen molar-refractivity contribution in [2.75, 3.05) is 20.1 Å². The molecule has 0 amide bonds. The van der Waals surface area contributed by atoms with E-state index in [-0.39, 0.29) is 24.5 Å². The Kier molecular flexibility index (Phi) is 5.63. The minimum atomic E-state index is -0.191. The Morgan fingerprint density at radius 2 is 2.00 bits per heavy atom. The van der Waals surface area contributed by atoms with Crippen LogP contribution in [0.1, 0.15) is 28.8 Å². The van der Waals surface area contributed by atoms with Crippen molar-refractivity contribution < 1.29 is 21.9 Å². The van der Waals surface area contributed by atoms with Gasteiger partial charge in [0.25, 0.3) is 0 Å². The average Bonchev–Trinajstić information content (AvgIpc) is 2.32. The number of nitrogens with zero attached hydrogens (tertiary/aromatic N) is 1. The van der Waals surface area contributed by atoms with Crippen LogP contribution in [-0.4, -0.2) is 37.1 Å². The van der Waals surface area contributed by atoms with Gasteiger partial charge in [-0.25, -0.2) is 4.79 Å². The van der Waals surface area contributed by atoms with E-state index in [9.17, 15) is 4.79 Å². The Morgan fingerprint density at radius 1 is 1.33 bits per heavy atom. The summed E-state index contributed by atoms with van der Waals surface area (Å²) in [5.41, 5.74) is 1.74. The second-order valence-corrected chi connectivity index (χ2v) is 4.78. The lowest BCUT2D eigenvalue weighted by Gasteiger charge is -2.28. The summed E-state index contributed by atoms with van der Waals surface area (Å²) in [4.78, 5) is 14.2. The summed E-state index contributed by atoms with van der Waals surface area (Å²) in [6.45, 7) is 3.99. The van der Waals surface area contributed by atoms with Gasteiger partial charge in [-0.1, -0.05) is 17.7 Å². The van der Waals surface area contributed by atoms with E-state index < -0.39 is 0 Å². The van der Waals surface area contributed by atoms with Gasteiger partial charge in [-0.2, -0.15) is 0 Å². The zero-order valence-electron chi connectivity index (χ0n) is 10.9. The lowest BCUT2D eigenvalue weighted by atomic mass is 10.1. The van der Waals surface area contributed by atoms with Crippen molar-refractivity contribution in [1.82, 2.24) is 4.90 Å². The van der Waals surface area contributed by atoms with E-state index in [4.69, 9.17) is 4.74 Å². The number of aryl methyl sites for hydroxylation is 1. The maximum Gasteiger partial charge on any atom is 0.338 e. The molecule has 18 heavy (non-hydrogen) atoms. The fraction of sp³-hybridized carbons (Fsp3) is 0.500. The first kappa shape index (κ1) is 15.0. The van der Waals surface area contributed by atoms with E-state index in [0.29, 0.717) is 5.56 Å². The van der Waals surface area contributed by atoms with Crippen LogP contribution in [0.5, 0.6) is 0 Å². The third-order valence-corrected chi connectivity index (χ3v) is 3.19. The van der Waals surface area contributed by atoms with E-state index in [0.717, 1.165) is 31.5 Å². The predicted molar refractivity (Wildman–Crippen MR) is 67.1 cm³/mol. The number of hydrogen-bond acceptors (Lipinski definition) is 3. The van der Waals surface area contributed by atoms with Gasteiger partial charge in [0, 0.05) is 13.1 Å². The van der Waals surface area contributed by atoms with E-state index in [2.05, 4.69) is 11.9 Å². The number of carbonyl (C=O) groups excluding carboxylic acids is 1. The highest BCUT2D eigenvalue weighted by molar-refractivity contribution is 5.89. The number of esters is 1. The summed E-state index contributed by atoms with van der Waals surface area (Å²) in [6, 6.07) is 7.55. The number of benzene rings is 1. The largest absolute Gasteiger partial charge is 1.00 e. The molecule has 0 bridgehead atoms. The number of halogens is 1. The van der Waals surface area contributed by atoms with Crippen molar-refractivity contribution in [3.63, 3.8) is 0 Å². The van der Waals surface area contributed by atoms with Crippen LogP contribution < -0.4 is 12.4 Å². The van der Waals surface area contributed by atoms with E-state index >= 15 is 0 Å². The Hall–Kier alpha value is -1.06.